The molecule has 0 aliphatic carbocycles. The molecule has 2 heterocycles. The summed E-state index contributed by atoms with van der Waals surface area (Å²) in [5.74, 6) is -0.440. The average molecular weight is 579 g/mol. The van der Waals surface area contributed by atoms with Crippen LogP contribution < -0.4 is 10.1 Å². The van der Waals surface area contributed by atoms with Gasteiger partial charge in [0.15, 0.2) is 11.0 Å². The van der Waals surface area contributed by atoms with Crippen molar-refractivity contribution < 1.29 is 28.6 Å². The Hall–Kier alpha value is -3.35. The van der Waals surface area contributed by atoms with E-state index in [0.717, 1.165) is 23.1 Å². The second kappa shape index (κ2) is 14.0. The van der Waals surface area contributed by atoms with E-state index in [1.54, 1.807) is 55.7 Å². The van der Waals surface area contributed by atoms with E-state index in [-0.39, 0.29) is 41.0 Å². The molecule has 0 aliphatic rings. The Kier molecular flexibility index (Phi) is 10.7. The van der Waals surface area contributed by atoms with Gasteiger partial charge in [0.2, 0.25) is 5.91 Å². The van der Waals surface area contributed by atoms with Crippen LogP contribution in [0.1, 0.15) is 45.3 Å². The monoisotopic (exact) mass is 578 g/mol. The summed E-state index contributed by atoms with van der Waals surface area (Å²) in [6.45, 7) is 9.65. The molecule has 10 nitrogen and oxygen atoms in total. The Bertz CT molecular complexity index is 1310. The number of hydrogen-bond acceptors (Lipinski definition) is 10. The number of rotatable bonds is 13. The maximum Gasteiger partial charge on any atom is 0.348 e. The van der Waals surface area contributed by atoms with E-state index in [0.29, 0.717) is 33.9 Å². The number of nitrogens with one attached hydrogen (secondary N) is 1. The number of nitrogens with zero attached hydrogens (tertiary/aromatic N) is 3. The molecule has 13 heteroatoms. The van der Waals surface area contributed by atoms with E-state index in [4.69, 9.17) is 25.8 Å². The number of benzene rings is 1. The highest BCUT2D eigenvalue weighted by Gasteiger charge is 2.27. The van der Waals surface area contributed by atoms with Crippen molar-refractivity contribution in [3.63, 3.8) is 0 Å². The summed E-state index contributed by atoms with van der Waals surface area (Å²) >= 11 is 8.05. The molecular formula is C25H27ClN4O6S2. The van der Waals surface area contributed by atoms with Gasteiger partial charge in [-0.2, -0.15) is 0 Å². The first-order valence-electron chi connectivity index (χ1n) is 11.6. The zero-order chi connectivity index (χ0) is 27.7. The van der Waals surface area contributed by atoms with E-state index in [2.05, 4.69) is 22.1 Å². The quantitative estimate of drug-likeness (QED) is 0.167. The van der Waals surface area contributed by atoms with Crippen LogP contribution in [0.5, 0.6) is 5.75 Å². The molecule has 0 saturated heterocycles. The molecule has 0 fully saturated rings. The minimum absolute atomic E-state index is 0.0265. The zero-order valence-electron chi connectivity index (χ0n) is 21.1. The molecule has 0 bridgehead atoms. The molecule has 0 unspecified atom stereocenters. The molecule has 202 valence electrons. The van der Waals surface area contributed by atoms with Crippen molar-refractivity contribution in [2.24, 2.45) is 0 Å². The third-order valence-corrected chi connectivity index (χ3v) is 7.37. The highest BCUT2D eigenvalue weighted by Crippen LogP contribution is 2.34. The molecule has 0 radical (unpaired) electrons. The van der Waals surface area contributed by atoms with E-state index in [1.165, 1.54) is 0 Å². The summed E-state index contributed by atoms with van der Waals surface area (Å²) in [5.41, 5.74) is 0.528. The SMILES string of the molecule is C=CCn1c(COc2ccc(Cl)cc2)nnc1SCC(=O)Nc1sc(C(=O)OCC)c(C)c1C(=O)OCC. The molecule has 38 heavy (non-hydrogen) atoms. The molecule has 0 aliphatic heterocycles. The Morgan fingerprint density at radius 3 is 2.47 bits per heavy atom. The van der Waals surface area contributed by atoms with Gasteiger partial charge in [0.05, 0.1) is 24.5 Å². The number of aromatic nitrogens is 3. The van der Waals surface area contributed by atoms with Gasteiger partial charge in [-0.1, -0.05) is 29.4 Å². The third-order valence-electron chi connectivity index (χ3n) is 4.96. The van der Waals surface area contributed by atoms with Crippen LogP contribution in [0.3, 0.4) is 0 Å². The van der Waals surface area contributed by atoms with Gasteiger partial charge in [0, 0.05) is 11.6 Å². The number of amides is 1. The van der Waals surface area contributed by atoms with Crippen LogP contribution in [0.2, 0.25) is 5.02 Å². The summed E-state index contributed by atoms with van der Waals surface area (Å²) in [6, 6.07) is 6.95. The van der Waals surface area contributed by atoms with E-state index < -0.39 is 17.8 Å². The van der Waals surface area contributed by atoms with Crippen molar-refractivity contribution in [2.45, 2.75) is 39.1 Å². The number of thiophene rings is 1. The predicted octanol–water partition coefficient (Wildman–Crippen LogP) is 5.15. The maximum atomic E-state index is 12.8. The van der Waals surface area contributed by atoms with Crippen LogP contribution >= 0.6 is 34.7 Å². The molecule has 1 amide bonds. The molecule has 0 spiro atoms. The van der Waals surface area contributed by atoms with Crippen molar-refractivity contribution in [2.75, 3.05) is 24.3 Å². The van der Waals surface area contributed by atoms with Crippen LogP contribution in [0.4, 0.5) is 5.00 Å². The van der Waals surface area contributed by atoms with Crippen LogP contribution in [0.15, 0.2) is 42.1 Å². The normalized spacial score (nSPS) is 10.6. The zero-order valence-corrected chi connectivity index (χ0v) is 23.5. The molecule has 3 aromatic rings. The van der Waals surface area contributed by atoms with Crippen molar-refractivity contribution >= 4 is 57.5 Å². The summed E-state index contributed by atoms with van der Waals surface area (Å²) in [4.78, 5) is 38.0. The van der Waals surface area contributed by atoms with Crippen LogP contribution in [-0.4, -0.2) is 51.6 Å². The number of thioether (sulfide) groups is 1. The highest BCUT2D eigenvalue weighted by atomic mass is 35.5. The fraction of sp³-hybridized carbons (Fsp3) is 0.320. The fourth-order valence-electron chi connectivity index (χ4n) is 3.26. The van der Waals surface area contributed by atoms with Crippen molar-refractivity contribution in [1.29, 1.82) is 0 Å². The summed E-state index contributed by atoms with van der Waals surface area (Å²) in [7, 11) is 0. The first kappa shape index (κ1) is 29.2. The van der Waals surface area contributed by atoms with Crippen LogP contribution in [0, 0.1) is 6.92 Å². The average Bonchev–Trinajstić information content (AvgIpc) is 3.42. The van der Waals surface area contributed by atoms with Gasteiger partial charge >= 0.3 is 11.9 Å². The van der Waals surface area contributed by atoms with Crippen molar-refractivity contribution in [1.82, 2.24) is 14.8 Å². The smallest absolute Gasteiger partial charge is 0.348 e. The van der Waals surface area contributed by atoms with Gasteiger partial charge in [-0.3, -0.25) is 9.36 Å². The van der Waals surface area contributed by atoms with Gasteiger partial charge in [-0.25, -0.2) is 9.59 Å². The molecule has 1 N–H and O–H groups in total. The van der Waals surface area contributed by atoms with E-state index in [1.807, 2.05) is 0 Å². The lowest BCUT2D eigenvalue weighted by Crippen LogP contribution is -2.17. The lowest BCUT2D eigenvalue weighted by Gasteiger charge is -2.09. The summed E-state index contributed by atoms with van der Waals surface area (Å²) in [6.07, 6.45) is 1.69. The van der Waals surface area contributed by atoms with Gasteiger partial charge in [-0.15, -0.1) is 28.1 Å². The lowest BCUT2D eigenvalue weighted by atomic mass is 10.1. The number of allylic oxidation sites excluding steroid dienone is 1. The predicted molar refractivity (Wildman–Crippen MR) is 146 cm³/mol. The van der Waals surface area contributed by atoms with Crippen molar-refractivity contribution in [3.05, 3.63) is 63.8 Å². The Balaban J connectivity index is 1.71. The maximum absolute atomic E-state index is 12.8. The third kappa shape index (κ3) is 7.36. The molecule has 3 rings (SSSR count). The second-order valence-corrected chi connectivity index (χ2v) is 9.98. The van der Waals surface area contributed by atoms with Crippen LogP contribution in [0.25, 0.3) is 0 Å². The summed E-state index contributed by atoms with van der Waals surface area (Å²) < 4.78 is 17.8. The second-order valence-electron chi connectivity index (χ2n) is 7.58. The number of ether oxygens (including phenoxy) is 3. The number of anilines is 1. The largest absolute Gasteiger partial charge is 0.486 e. The Morgan fingerprint density at radius 2 is 1.82 bits per heavy atom. The molecular weight excluding hydrogens is 552 g/mol. The standard InChI is InChI=1S/C25H27ClN4O6S2/c1-5-12-30-18(13-36-17-10-8-16(26)9-11-17)28-29-25(30)37-14-19(31)27-22-20(23(32)34-6-2)15(4)21(38-22)24(33)35-7-3/h5,8-11H,1,6-7,12-14H2,2-4H3,(H,27,31). The van der Waals surface area contributed by atoms with E-state index in [9.17, 15) is 14.4 Å². The van der Waals surface area contributed by atoms with Gasteiger partial charge in [-0.05, 0) is 50.6 Å². The number of carbonyl (C=O) groups is 3. The fourth-order valence-corrected chi connectivity index (χ4v) is 5.26. The number of halogens is 1. The number of esters is 2. The molecule has 2 aromatic heterocycles. The molecule has 1 aromatic carbocycles. The topological polar surface area (TPSA) is 122 Å². The van der Waals surface area contributed by atoms with Gasteiger partial charge < -0.3 is 19.5 Å². The van der Waals surface area contributed by atoms with Crippen molar-refractivity contribution in [3.8, 4) is 5.75 Å². The minimum atomic E-state index is -0.629. The summed E-state index contributed by atoms with van der Waals surface area (Å²) in [5, 5.41) is 12.4. The first-order valence-corrected chi connectivity index (χ1v) is 13.8. The Morgan fingerprint density at radius 1 is 1.13 bits per heavy atom. The molecule has 0 atom stereocenters. The highest BCUT2D eigenvalue weighted by molar-refractivity contribution is 7.99. The minimum Gasteiger partial charge on any atom is -0.486 e. The van der Waals surface area contributed by atoms with Crippen LogP contribution in [-0.2, 0) is 27.4 Å². The lowest BCUT2D eigenvalue weighted by molar-refractivity contribution is -0.113. The number of hydrogen-bond donors (Lipinski definition) is 1. The first-order chi connectivity index (χ1) is 18.3. The number of carbonyl (C=O) groups excluding carboxylic acids is 3. The van der Waals surface area contributed by atoms with Gasteiger partial charge in [0.1, 0.15) is 22.2 Å². The van der Waals surface area contributed by atoms with Gasteiger partial charge in [0.25, 0.3) is 0 Å². The molecule has 0 saturated carbocycles. The Labute approximate surface area is 233 Å². The van der Waals surface area contributed by atoms with E-state index >= 15 is 0 Å².